The highest BCUT2D eigenvalue weighted by Crippen LogP contribution is 2.43. The third-order valence-corrected chi connectivity index (χ3v) is 7.66. The SMILES string of the molecule is CCCCCCCCCCCC(=O)OC[C@@H](COP(=O)(O)OCCN)OC(O)(O)CCCCCCCCCCC. The number of unbranched alkanes of at least 4 members (excludes halogenated alkanes) is 16. The van der Waals surface area contributed by atoms with E-state index in [0.717, 1.165) is 38.5 Å². The van der Waals surface area contributed by atoms with E-state index in [4.69, 9.17) is 24.3 Å². The Bertz CT molecular complexity index is 637. The first-order valence-electron chi connectivity index (χ1n) is 15.8. The van der Waals surface area contributed by atoms with Gasteiger partial charge in [0.2, 0.25) is 0 Å². The summed E-state index contributed by atoms with van der Waals surface area (Å²) in [6.07, 6.45) is 18.8. The first-order valence-corrected chi connectivity index (χ1v) is 17.3. The molecule has 0 aromatic heterocycles. The van der Waals surface area contributed by atoms with E-state index in [9.17, 15) is 24.5 Å². The molecule has 0 aromatic carbocycles. The van der Waals surface area contributed by atoms with Crippen LogP contribution in [0, 0.1) is 0 Å². The molecule has 40 heavy (non-hydrogen) atoms. The van der Waals surface area contributed by atoms with E-state index in [1.165, 1.54) is 64.2 Å². The van der Waals surface area contributed by atoms with Crippen molar-refractivity contribution in [3.63, 3.8) is 0 Å². The van der Waals surface area contributed by atoms with Gasteiger partial charge in [0.15, 0.2) is 0 Å². The van der Waals surface area contributed by atoms with Gasteiger partial charge in [-0.15, -0.1) is 0 Å². The van der Waals surface area contributed by atoms with Gasteiger partial charge in [0.1, 0.15) is 12.7 Å². The summed E-state index contributed by atoms with van der Waals surface area (Å²) >= 11 is 0. The molecule has 11 heteroatoms. The van der Waals surface area contributed by atoms with Crippen molar-refractivity contribution < 1.29 is 43.0 Å². The lowest BCUT2D eigenvalue weighted by molar-refractivity contribution is -0.362. The molecule has 0 amide bonds. The molecule has 2 atom stereocenters. The number of phosphoric acid groups is 1. The number of rotatable bonds is 30. The standard InChI is InChI=1S/C29H60NO9P/c1-3-5-7-9-11-13-15-17-19-21-28(31)36-25-27(26-38-40(34,35)37-24-23-30)39-29(32,33)22-20-18-16-14-12-10-8-6-4-2/h27,32-33H,3-26,30H2,1-2H3,(H,34,35)/t27-/m0/s1. The molecule has 0 aliphatic carbocycles. The number of hydrogen-bond donors (Lipinski definition) is 4. The Kier molecular flexibility index (Phi) is 25.7. The van der Waals surface area contributed by atoms with E-state index >= 15 is 0 Å². The highest BCUT2D eigenvalue weighted by molar-refractivity contribution is 7.47. The van der Waals surface area contributed by atoms with E-state index in [-0.39, 0.29) is 32.6 Å². The number of hydrogen-bond acceptors (Lipinski definition) is 9. The molecule has 1 unspecified atom stereocenters. The molecule has 0 saturated heterocycles. The van der Waals surface area contributed by atoms with E-state index in [1.807, 2.05) is 0 Å². The second kappa shape index (κ2) is 26.1. The molecule has 5 N–H and O–H groups in total. The molecule has 10 nitrogen and oxygen atoms in total. The molecule has 0 bridgehead atoms. The molecular formula is C29H60NO9P. The second-order valence-corrected chi connectivity index (χ2v) is 12.2. The van der Waals surface area contributed by atoms with Gasteiger partial charge in [0, 0.05) is 19.4 Å². The molecule has 0 rings (SSSR count). The third-order valence-electron chi connectivity index (χ3n) is 6.67. The van der Waals surface area contributed by atoms with Crippen LogP contribution in [-0.2, 0) is 27.9 Å². The van der Waals surface area contributed by atoms with Gasteiger partial charge in [0.25, 0.3) is 5.97 Å². The fraction of sp³-hybridized carbons (Fsp3) is 0.966. The summed E-state index contributed by atoms with van der Waals surface area (Å²) < 4.78 is 32.3. The fourth-order valence-electron chi connectivity index (χ4n) is 4.33. The zero-order valence-electron chi connectivity index (χ0n) is 25.4. The van der Waals surface area contributed by atoms with Gasteiger partial charge in [-0.3, -0.25) is 13.8 Å². The monoisotopic (exact) mass is 597 g/mol. The van der Waals surface area contributed by atoms with E-state index in [0.29, 0.717) is 12.8 Å². The molecule has 0 fully saturated rings. The van der Waals surface area contributed by atoms with Gasteiger partial charge in [-0.2, -0.15) is 0 Å². The van der Waals surface area contributed by atoms with Crippen LogP contribution in [-0.4, -0.2) is 59.5 Å². The van der Waals surface area contributed by atoms with Gasteiger partial charge < -0.3 is 30.3 Å². The lowest BCUT2D eigenvalue weighted by Gasteiger charge is -2.28. The van der Waals surface area contributed by atoms with Gasteiger partial charge in [-0.1, -0.05) is 117 Å². The summed E-state index contributed by atoms with van der Waals surface area (Å²) in [6, 6.07) is 0. The summed E-state index contributed by atoms with van der Waals surface area (Å²) in [5, 5.41) is 20.7. The predicted molar refractivity (Wildman–Crippen MR) is 157 cm³/mol. The fourth-order valence-corrected chi connectivity index (χ4v) is 5.09. The van der Waals surface area contributed by atoms with Crippen molar-refractivity contribution in [3.05, 3.63) is 0 Å². The Morgan fingerprint density at radius 2 is 1.23 bits per heavy atom. The number of nitrogens with two attached hydrogens (primary N) is 1. The number of carbonyl (C=O) groups excluding carboxylic acids is 1. The lowest BCUT2D eigenvalue weighted by atomic mass is 10.1. The average Bonchev–Trinajstić information content (AvgIpc) is 2.91. The summed E-state index contributed by atoms with van der Waals surface area (Å²) in [6.45, 7) is 3.34. The molecule has 0 spiro atoms. The first kappa shape index (κ1) is 39.4. The van der Waals surface area contributed by atoms with Crippen LogP contribution < -0.4 is 5.73 Å². The molecule has 0 aliphatic rings. The Labute approximate surface area is 243 Å². The Balaban J connectivity index is 4.49. The minimum absolute atomic E-state index is 0.0272. The maximum Gasteiger partial charge on any atom is 0.472 e. The van der Waals surface area contributed by atoms with Crippen LogP contribution in [0.4, 0.5) is 0 Å². The quantitative estimate of drug-likeness (QED) is 0.0312. The molecule has 0 radical (unpaired) electrons. The number of carbonyl (C=O) groups is 1. The van der Waals surface area contributed by atoms with Crippen molar-refractivity contribution in [2.75, 3.05) is 26.4 Å². The van der Waals surface area contributed by atoms with Crippen LogP contribution in [0.1, 0.15) is 142 Å². The molecule has 0 aliphatic heterocycles. The van der Waals surface area contributed by atoms with Crippen molar-refractivity contribution >= 4 is 13.8 Å². The number of ether oxygens (including phenoxy) is 2. The van der Waals surface area contributed by atoms with Crippen molar-refractivity contribution in [1.29, 1.82) is 0 Å². The van der Waals surface area contributed by atoms with E-state index in [2.05, 4.69) is 13.8 Å². The largest absolute Gasteiger partial charge is 0.472 e. The highest BCUT2D eigenvalue weighted by atomic mass is 31.2. The van der Waals surface area contributed by atoms with Gasteiger partial charge in [0.05, 0.1) is 13.2 Å². The Hall–Kier alpha value is -0.580. The normalized spacial score (nSPS) is 14.2. The van der Waals surface area contributed by atoms with Crippen molar-refractivity contribution in [2.45, 2.75) is 154 Å². The van der Waals surface area contributed by atoms with E-state index < -0.39 is 32.5 Å². The average molecular weight is 598 g/mol. The summed E-state index contributed by atoms with van der Waals surface area (Å²) in [5.74, 6) is -2.93. The first-order chi connectivity index (χ1) is 19.2. The van der Waals surface area contributed by atoms with Crippen LogP contribution in [0.15, 0.2) is 0 Å². The minimum atomic E-state index is -4.42. The van der Waals surface area contributed by atoms with Crippen LogP contribution in [0.5, 0.6) is 0 Å². The third kappa shape index (κ3) is 26.3. The predicted octanol–water partition coefficient (Wildman–Crippen LogP) is 6.49. The summed E-state index contributed by atoms with van der Waals surface area (Å²) in [5.41, 5.74) is 5.29. The molecule has 0 heterocycles. The molecule has 0 saturated carbocycles. The number of esters is 1. The zero-order valence-corrected chi connectivity index (χ0v) is 26.3. The summed E-state index contributed by atoms with van der Waals surface area (Å²) in [7, 11) is -4.42. The van der Waals surface area contributed by atoms with Gasteiger partial charge in [-0.05, 0) is 12.8 Å². The summed E-state index contributed by atoms with van der Waals surface area (Å²) in [4.78, 5) is 22.0. The van der Waals surface area contributed by atoms with Crippen LogP contribution in [0.25, 0.3) is 0 Å². The molecular weight excluding hydrogens is 537 g/mol. The number of phosphoric ester groups is 1. The number of aliphatic hydroxyl groups is 2. The zero-order chi connectivity index (χ0) is 30.0. The smallest absolute Gasteiger partial charge is 0.463 e. The van der Waals surface area contributed by atoms with Crippen molar-refractivity contribution in [3.8, 4) is 0 Å². The van der Waals surface area contributed by atoms with Crippen molar-refractivity contribution in [2.24, 2.45) is 5.73 Å². The highest BCUT2D eigenvalue weighted by Gasteiger charge is 2.31. The minimum Gasteiger partial charge on any atom is -0.463 e. The van der Waals surface area contributed by atoms with Gasteiger partial charge >= 0.3 is 13.8 Å². The van der Waals surface area contributed by atoms with E-state index in [1.54, 1.807) is 0 Å². The molecule has 240 valence electrons. The molecule has 0 aromatic rings. The van der Waals surface area contributed by atoms with Crippen LogP contribution in [0.3, 0.4) is 0 Å². The van der Waals surface area contributed by atoms with Crippen LogP contribution >= 0.6 is 7.82 Å². The Morgan fingerprint density at radius 3 is 1.73 bits per heavy atom. The maximum absolute atomic E-state index is 12.2. The van der Waals surface area contributed by atoms with Crippen molar-refractivity contribution in [1.82, 2.24) is 0 Å². The van der Waals surface area contributed by atoms with Gasteiger partial charge in [-0.25, -0.2) is 4.57 Å². The maximum atomic E-state index is 12.2. The Morgan fingerprint density at radius 1 is 0.750 bits per heavy atom. The topological polar surface area (TPSA) is 158 Å². The second-order valence-electron chi connectivity index (χ2n) is 10.7. The van der Waals surface area contributed by atoms with Crippen LogP contribution in [0.2, 0.25) is 0 Å². The lowest BCUT2D eigenvalue weighted by Crippen LogP contribution is -2.40.